The third-order valence-corrected chi connectivity index (χ3v) is 4.48. The highest BCUT2D eigenvalue weighted by Crippen LogP contribution is 2.18. The van der Waals surface area contributed by atoms with Crippen LogP contribution in [0.3, 0.4) is 0 Å². The van der Waals surface area contributed by atoms with Gasteiger partial charge in [-0.3, -0.25) is 9.69 Å². The van der Waals surface area contributed by atoms with Gasteiger partial charge in [0.15, 0.2) is 0 Å². The lowest BCUT2D eigenvalue weighted by Crippen LogP contribution is -2.45. The summed E-state index contributed by atoms with van der Waals surface area (Å²) in [5.41, 5.74) is 7.30. The zero-order valence-electron chi connectivity index (χ0n) is 14.5. The van der Waals surface area contributed by atoms with Crippen molar-refractivity contribution in [2.75, 3.05) is 19.6 Å². The van der Waals surface area contributed by atoms with Gasteiger partial charge in [-0.2, -0.15) is 0 Å². The molecule has 1 heterocycles. The summed E-state index contributed by atoms with van der Waals surface area (Å²) >= 11 is 0. The third-order valence-electron chi connectivity index (χ3n) is 4.48. The molecule has 1 unspecified atom stereocenters. The van der Waals surface area contributed by atoms with Crippen LogP contribution in [0.1, 0.15) is 38.7 Å². The van der Waals surface area contributed by atoms with Gasteiger partial charge in [0.05, 0.1) is 6.04 Å². The molecule has 0 aromatic heterocycles. The number of amides is 1. The number of rotatable bonds is 7. The van der Waals surface area contributed by atoms with Crippen molar-refractivity contribution in [2.45, 2.75) is 45.7 Å². The number of hydrogen-bond donors (Lipinski definition) is 2. The fraction of sp³-hybridized carbons (Fsp3) is 0.632. The minimum absolute atomic E-state index is 0.00103. The van der Waals surface area contributed by atoms with Gasteiger partial charge in [-0.15, -0.1) is 0 Å². The molecule has 1 aromatic carbocycles. The Labute approximate surface area is 140 Å². The van der Waals surface area contributed by atoms with Crippen LogP contribution in [0.5, 0.6) is 0 Å². The van der Waals surface area contributed by atoms with Crippen LogP contribution in [-0.4, -0.2) is 36.5 Å². The number of hydrogen-bond acceptors (Lipinski definition) is 3. The van der Waals surface area contributed by atoms with E-state index in [9.17, 15) is 4.79 Å². The monoisotopic (exact) mass is 317 g/mol. The Morgan fingerprint density at radius 2 is 2.09 bits per heavy atom. The molecule has 1 aliphatic heterocycles. The minimum atomic E-state index is -0.376. The van der Waals surface area contributed by atoms with E-state index in [2.05, 4.69) is 54.4 Å². The van der Waals surface area contributed by atoms with Gasteiger partial charge in [0.25, 0.3) is 0 Å². The number of nitrogens with zero attached hydrogens (tertiary/aromatic N) is 1. The Hall–Kier alpha value is -1.39. The molecule has 4 nitrogen and oxygen atoms in total. The van der Waals surface area contributed by atoms with Crippen molar-refractivity contribution >= 4 is 5.91 Å². The first-order chi connectivity index (χ1) is 11.0. The first-order valence-electron chi connectivity index (χ1n) is 8.84. The van der Waals surface area contributed by atoms with E-state index in [-0.39, 0.29) is 11.9 Å². The summed E-state index contributed by atoms with van der Waals surface area (Å²) in [7, 11) is 0. The average Bonchev–Trinajstić information content (AvgIpc) is 2.53. The summed E-state index contributed by atoms with van der Waals surface area (Å²) in [6.07, 6.45) is 3.13. The molecule has 1 aromatic rings. The Balaban J connectivity index is 1.74. The molecule has 0 aliphatic carbocycles. The zero-order chi connectivity index (χ0) is 16.7. The predicted octanol–water partition coefficient (Wildman–Crippen LogP) is 2.39. The summed E-state index contributed by atoms with van der Waals surface area (Å²) in [5.74, 6) is 0.980. The Morgan fingerprint density at radius 3 is 2.78 bits per heavy atom. The minimum Gasteiger partial charge on any atom is -0.354 e. The van der Waals surface area contributed by atoms with E-state index in [0.717, 1.165) is 32.6 Å². The maximum atomic E-state index is 12.0. The second-order valence-corrected chi connectivity index (χ2v) is 7.21. The first-order valence-corrected chi connectivity index (χ1v) is 8.84. The van der Waals surface area contributed by atoms with Crippen LogP contribution in [0.4, 0.5) is 0 Å². The predicted molar refractivity (Wildman–Crippen MR) is 94.9 cm³/mol. The zero-order valence-corrected chi connectivity index (χ0v) is 14.5. The lowest BCUT2D eigenvalue weighted by molar-refractivity contribution is -0.123. The Bertz CT molecular complexity index is 475. The van der Waals surface area contributed by atoms with E-state index in [1.807, 2.05) is 0 Å². The quantitative estimate of drug-likeness (QED) is 0.812. The number of carbonyl (C=O) groups is 1. The van der Waals surface area contributed by atoms with Crippen LogP contribution in [0.25, 0.3) is 0 Å². The largest absolute Gasteiger partial charge is 0.354 e. The van der Waals surface area contributed by atoms with Crippen molar-refractivity contribution in [1.82, 2.24) is 10.2 Å². The van der Waals surface area contributed by atoms with Crippen LogP contribution in [0, 0.1) is 11.8 Å². The normalized spacial score (nSPS) is 20.4. The molecular weight excluding hydrogens is 286 g/mol. The first kappa shape index (κ1) is 18.0. The highest BCUT2D eigenvalue weighted by molar-refractivity contribution is 5.81. The summed E-state index contributed by atoms with van der Waals surface area (Å²) < 4.78 is 0. The molecule has 1 amide bonds. The molecule has 2 rings (SSSR count). The molecular formula is C19H31N3O. The summed E-state index contributed by atoms with van der Waals surface area (Å²) in [4.78, 5) is 14.5. The van der Waals surface area contributed by atoms with Crippen molar-refractivity contribution in [3.63, 3.8) is 0 Å². The van der Waals surface area contributed by atoms with Gasteiger partial charge < -0.3 is 11.1 Å². The number of nitrogens with two attached hydrogens (primary N) is 1. The van der Waals surface area contributed by atoms with Crippen LogP contribution < -0.4 is 11.1 Å². The van der Waals surface area contributed by atoms with Gasteiger partial charge in [-0.25, -0.2) is 0 Å². The van der Waals surface area contributed by atoms with Crippen LogP contribution in [0.15, 0.2) is 30.3 Å². The average molecular weight is 317 g/mol. The van der Waals surface area contributed by atoms with Crippen molar-refractivity contribution in [1.29, 1.82) is 0 Å². The number of carbonyl (C=O) groups excluding carboxylic acids is 1. The molecule has 1 saturated heterocycles. The lowest BCUT2D eigenvalue weighted by Gasteiger charge is -2.33. The molecule has 1 fully saturated rings. The molecule has 1 aliphatic rings. The molecule has 0 saturated carbocycles. The van der Waals surface area contributed by atoms with Gasteiger partial charge in [-0.05, 0) is 43.2 Å². The molecule has 2 atom stereocenters. The van der Waals surface area contributed by atoms with Crippen molar-refractivity contribution < 1.29 is 4.79 Å². The number of likely N-dealkylation sites (tertiary alicyclic amines) is 1. The number of nitrogens with one attached hydrogen (secondary N) is 1. The summed E-state index contributed by atoms with van der Waals surface area (Å²) in [6, 6.07) is 10.2. The lowest BCUT2D eigenvalue weighted by atomic mass is 9.97. The van der Waals surface area contributed by atoms with E-state index in [1.54, 1.807) is 0 Å². The molecule has 4 heteroatoms. The fourth-order valence-corrected chi connectivity index (χ4v) is 3.29. The third kappa shape index (κ3) is 6.32. The van der Waals surface area contributed by atoms with Gasteiger partial charge in [0.1, 0.15) is 0 Å². The summed E-state index contributed by atoms with van der Waals surface area (Å²) in [6.45, 7) is 8.13. The SMILES string of the molecule is CC(C)C[C@H](N)C(=O)NCC1CCCN(Cc2ccccc2)C1. The number of benzene rings is 1. The van der Waals surface area contributed by atoms with Gasteiger partial charge in [0.2, 0.25) is 5.91 Å². The van der Waals surface area contributed by atoms with E-state index >= 15 is 0 Å². The van der Waals surface area contributed by atoms with Gasteiger partial charge in [-0.1, -0.05) is 44.2 Å². The smallest absolute Gasteiger partial charge is 0.236 e. The maximum Gasteiger partial charge on any atom is 0.236 e. The van der Waals surface area contributed by atoms with E-state index in [0.29, 0.717) is 11.8 Å². The highest BCUT2D eigenvalue weighted by Gasteiger charge is 2.22. The molecule has 0 spiro atoms. The molecule has 0 bridgehead atoms. The molecule has 3 N–H and O–H groups in total. The van der Waals surface area contributed by atoms with Gasteiger partial charge >= 0.3 is 0 Å². The molecule has 0 radical (unpaired) electrons. The van der Waals surface area contributed by atoms with Gasteiger partial charge in [0, 0.05) is 19.6 Å². The van der Waals surface area contributed by atoms with E-state index in [1.165, 1.54) is 18.4 Å². The van der Waals surface area contributed by atoms with Crippen molar-refractivity contribution in [3.8, 4) is 0 Å². The molecule has 23 heavy (non-hydrogen) atoms. The second kappa shape index (κ2) is 9.04. The standard InChI is InChI=1S/C19H31N3O/c1-15(2)11-18(20)19(23)21-12-17-9-6-10-22(14-17)13-16-7-4-3-5-8-16/h3-5,7-8,15,17-18H,6,9-14,20H2,1-2H3,(H,21,23)/t17?,18-/m0/s1. The van der Waals surface area contributed by atoms with E-state index < -0.39 is 0 Å². The Morgan fingerprint density at radius 1 is 1.35 bits per heavy atom. The van der Waals surface area contributed by atoms with Crippen LogP contribution >= 0.6 is 0 Å². The highest BCUT2D eigenvalue weighted by atomic mass is 16.2. The second-order valence-electron chi connectivity index (χ2n) is 7.21. The fourth-order valence-electron chi connectivity index (χ4n) is 3.29. The summed E-state index contributed by atoms with van der Waals surface area (Å²) in [5, 5.41) is 3.05. The van der Waals surface area contributed by atoms with E-state index in [4.69, 9.17) is 5.73 Å². The van der Waals surface area contributed by atoms with Crippen molar-refractivity contribution in [3.05, 3.63) is 35.9 Å². The molecule has 128 valence electrons. The van der Waals surface area contributed by atoms with Crippen LogP contribution in [-0.2, 0) is 11.3 Å². The number of piperidine rings is 1. The van der Waals surface area contributed by atoms with Crippen LogP contribution in [0.2, 0.25) is 0 Å². The topological polar surface area (TPSA) is 58.4 Å². The Kier molecular flexibility index (Phi) is 7.06. The van der Waals surface area contributed by atoms with Crippen molar-refractivity contribution in [2.24, 2.45) is 17.6 Å². The maximum absolute atomic E-state index is 12.0.